The third-order valence-corrected chi connectivity index (χ3v) is 7.13. The summed E-state index contributed by atoms with van der Waals surface area (Å²) in [6, 6.07) is 1.33. The van der Waals surface area contributed by atoms with Crippen molar-refractivity contribution in [1.82, 2.24) is 4.31 Å². The molecule has 1 aliphatic rings. The summed E-state index contributed by atoms with van der Waals surface area (Å²) in [5, 5.41) is 0. The maximum atomic E-state index is 13.2. The molecule has 0 bridgehead atoms. The normalized spacial score (nSPS) is 21.8. The van der Waals surface area contributed by atoms with Crippen LogP contribution in [-0.2, 0) is 19.9 Å². The molecule has 2 rings (SSSR count). The molecule has 0 aromatic heterocycles. The number of hydrogen-bond donors (Lipinski definition) is 0. The number of halogens is 2. The SMILES string of the molecule is CCN([C@H]1CCS(=O)(=O)C1)S(=O)(=O)c1cc(F)cc(F)c1. The van der Waals surface area contributed by atoms with Gasteiger partial charge in [-0.2, -0.15) is 4.31 Å². The summed E-state index contributed by atoms with van der Waals surface area (Å²) in [6.45, 7) is 1.58. The van der Waals surface area contributed by atoms with Gasteiger partial charge < -0.3 is 0 Å². The van der Waals surface area contributed by atoms with Crippen molar-refractivity contribution < 1.29 is 25.6 Å². The van der Waals surface area contributed by atoms with E-state index in [0.29, 0.717) is 6.07 Å². The number of benzene rings is 1. The molecule has 0 N–H and O–H groups in total. The summed E-state index contributed by atoms with van der Waals surface area (Å²) < 4.78 is 75.3. The largest absolute Gasteiger partial charge is 0.243 e. The minimum atomic E-state index is -4.14. The zero-order chi connectivity index (χ0) is 15.8. The number of sulfone groups is 1. The lowest BCUT2D eigenvalue weighted by Gasteiger charge is -2.26. The minimum absolute atomic E-state index is 0.0284. The van der Waals surface area contributed by atoms with Crippen molar-refractivity contribution in [2.24, 2.45) is 0 Å². The highest BCUT2D eigenvalue weighted by atomic mass is 32.2. The maximum absolute atomic E-state index is 13.2. The van der Waals surface area contributed by atoms with Crippen LogP contribution < -0.4 is 0 Å². The van der Waals surface area contributed by atoms with Gasteiger partial charge in [-0.15, -0.1) is 0 Å². The van der Waals surface area contributed by atoms with Crippen molar-refractivity contribution >= 4 is 19.9 Å². The van der Waals surface area contributed by atoms with Gasteiger partial charge in [0.1, 0.15) is 11.6 Å². The van der Waals surface area contributed by atoms with Crippen molar-refractivity contribution in [2.75, 3.05) is 18.1 Å². The van der Waals surface area contributed by atoms with Crippen LogP contribution in [0.3, 0.4) is 0 Å². The second-order valence-electron chi connectivity index (χ2n) is 4.87. The topological polar surface area (TPSA) is 71.5 Å². The molecule has 1 heterocycles. The van der Waals surface area contributed by atoms with Crippen LogP contribution in [0.1, 0.15) is 13.3 Å². The molecule has 0 saturated carbocycles. The van der Waals surface area contributed by atoms with Crippen LogP contribution in [0.25, 0.3) is 0 Å². The van der Waals surface area contributed by atoms with Crippen molar-refractivity contribution in [2.45, 2.75) is 24.3 Å². The second kappa shape index (κ2) is 5.62. The number of rotatable bonds is 4. The van der Waals surface area contributed by atoms with Gasteiger partial charge in [-0.25, -0.2) is 25.6 Å². The number of sulfonamides is 1. The van der Waals surface area contributed by atoms with Gasteiger partial charge in [-0.1, -0.05) is 6.92 Å². The Bertz CT molecular complexity index is 726. The molecule has 118 valence electrons. The molecule has 9 heteroatoms. The molecule has 0 radical (unpaired) electrons. The highest BCUT2D eigenvalue weighted by Gasteiger charge is 2.38. The lowest BCUT2D eigenvalue weighted by molar-refractivity contribution is 0.354. The first-order valence-corrected chi connectivity index (χ1v) is 9.60. The Morgan fingerprint density at radius 2 is 1.81 bits per heavy atom. The van der Waals surface area contributed by atoms with Crippen LogP contribution in [0.2, 0.25) is 0 Å². The standard InChI is InChI=1S/C12H15F2NO4S2/c1-2-15(11-3-4-20(16,17)8-11)21(18,19)12-6-9(13)5-10(14)7-12/h5-7,11H,2-4,8H2,1H3/t11-/m0/s1. The summed E-state index contributed by atoms with van der Waals surface area (Å²) in [5.74, 6) is -2.34. The Hall–Kier alpha value is -1.06. The molecule has 21 heavy (non-hydrogen) atoms. The Balaban J connectivity index is 2.41. The zero-order valence-electron chi connectivity index (χ0n) is 11.3. The van der Waals surface area contributed by atoms with Crippen molar-refractivity contribution in [3.05, 3.63) is 29.8 Å². The molecule has 1 aliphatic heterocycles. The first-order valence-electron chi connectivity index (χ1n) is 6.34. The van der Waals surface area contributed by atoms with Crippen molar-refractivity contribution in [1.29, 1.82) is 0 Å². The van der Waals surface area contributed by atoms with E-state index in [0.717, 1.165) is 16.4 Å². The summed E-state index contributed by atoms with van der Waals surface area (Å²) in [5.41, 5.74) is 0. The smallest absolute Gasteiger partial charge is 0.229 e. The number of hydrogen-bond acceptors (Lipinski definition) is 4. The van der Waals surface area contributed by atoms with Gasteiger partial charge in [0.15, 0.2) is 9.84 Å². The van der Waals surface area contributed by atoms with E-state index >= 15 is 0 Å². The Morgan fingerprint density at radius 1 is 1.24 bits per heavy atom. The summed E-state index contributed by atoms with van der Waals surface area (Å²) in [6.07, 6.45) is 0.188. The Kier molecular flexibility index (Phi) is 4.36. The van der Waals surface area contributed by atoms with Gasteiger partial charge in [0.25, 0.3) is 0 Å². The van der Waals surface area contributed by atoms with E-state index in [9.17, 15) is 25.6 Å². The van der Waals surface area contributed by atoms with Gasteiger partial charge in [-0.3, -0.25) is 0 Å². The third kappa shape index (κ3) is 3.41. The van der Waals surface area contributed by atoms with Crippen LogP contribution >= 0.6 is 0 Å². The van der Waals surface area contributed by atoms with Gasteiger partial charge in [0, 0.05) is 18.7 Å². The van der Waals surface area contributed by atoms with E-state index in [1.165, 1.54) is 0 Å². The average molecular weight is 339 g/mol. The van der Waals surface area contributed by atoms with E-state index in [-0.39, 0.29) is 24.5 Å². The van der Waals surface area contributed by atoms with Crippen LogP contribution in [-0.4, -0.2) is 45.2 Å². The molecular weight excluding hydrogens is 324 g/mol. The Morgan fingerprint density at radius 3 is 2.24 bits per heavy atom. The van der Waals surface area contributed by atoms with E-state index in [1.54, 1.807) is 6.92 Å². The van der Waals surface area contributed by atoms with E-state index in [1.807, 2.05) is 0 Å². The molecule has 1 aromatic rings. The van der Waals surface area contributed by atoms with Gasteiger partial charge in [-0.05, 0) is 18.6 Å². The molecular formula is C12H15F2NO4S2. The van der Waals surface area contributed by atoms with E-state index in [2.05, 4.69) is 0 Å². The van der Waals surface area contributed by atoms with Gasteiger partial charge >= 0.3 is 0 Å². The molecule has 0 unspecified atom stereocenters. The fourth-order valence-corrected chi connectivity index (χ4v) is 5.97. The fourth-order valence-electron chi connectivity index (χ4n) is 2.44. The third-order valence-electron chi connectivity index (χ3n) is 3.37. The fraction of sp³-hybridized carbons (Fsp3) is 0.500. The first kappa shape index (κ1) is 16.3. The summed E-state index contributed by atoms with van der Waals surface area (Å²) in [7, 11) is -7.40. The first-order chi connectivity index (χ1) is 9.65. The lowest BCUT2D eigenvalue weighted by Crippen LogP contribution is -2.40. The van der Waals surface area contributed by atoms with Crippen molar-refractivity contribution in [3.8, 4) is 0 Å². The zero-order valence-corrected chi connectivity index (χ0v) is 12.9. The summed E-state index contributed by atoms with van der Waals surface area (Å²) >= 11 is 0. The molecule has 5 nitrogen and oxygen atoms in total. The Labute approximate surface area is 122 Å². The van der Waals surface area contributed by atoms with Crippen molar-refractivity contribution in [3.63, 3.8) is 0 Å². The van der Waals surface area contributed by atoms with Crippen LogP contribution in [0.5, 0.6) is 0 Å². The number of nitrogens with zero attached hydrogens (tertiary/aromatic N) is 1. The van der Waals surface area contributed by atoms with Crippen LogP contribution in [0, 0.1) is 11.6 Å². The lowest BCUT2D eigenvalue weighted by atomic mass is 10.3. The highest BCUT2D eigenvalue weighted by Crippen LogP contribution is 2.25. The van der Waals surface area contributed by atoms with Gasteiger partial charge in [0.05, 0.1) is 16.4 Å². The molecule has 1 atom stereocenters. The second-order valence-corrected chi connectivity index (χ2v) is 8.99. The molecule has 1 saturated heterocycles. The van der Waals surface area contributed by atoms with Gasteiger partial charge in [0.2, 0.25) is 10.0 Å². The quantitative estimate of drug-likeness (QED) is 0.825. The predicted molar refractivity (Wildman–Crippen MR) is 73.0 cm³/mol. The molecule has 0 spiro atoms. The molecule has 0 amide bonds. The van der Waals surface area contributed by atoms with Crippen LogP contribution in [0.4, 0.5) is 8.78 Å². The predicted octanol–water partition coefficient (Wildman–Crippen LogP) is 1.16. The van der Waals surface area contributed by atoms with E-state index in [4.69, 9.17) is 0 Å². The summed E-state index contributed by atoms with van der Waals surface area (Å²) in [4.78, 5) is -0.508. The highest BCUT2D eigenvalue weighted by molar-refractivity contribution is 7.92. The molecule has 1 aromatic carbocycles. The average Bonchev–Trinajstić information content (AvgIpc) is 2.68. The van der Waals surface area contributed by atoms with E-state index < -0.39 is 42.4 Å². The minimum Gasteiger partial charge on any atom is -0.229 e. The molecule has 0 aliphatic carbocycles. The molecule has 1 fully saturated rings. The maximum Gasteiger partial charge on any atom is 0.243 e. The van der Waals surface area contributed by atoms with Crippen LogP contribution in [0.15, 0.2) is 23.1 Å². The monoisotopic (exact) mass is 339 g/mol.